The molecule has 1 heterocycles. The Labute approximate surface area is 65.3 Å². The van der Waals surface area contributed by atoms with Crippen molar-refractivity contribution in [3.8, 4) is 0 Å². The molecule has 11 heavy (non-hydrogen) atoms. The third-order valence-electron chi connectivity index (χ3n) is 0.944. The van der Waals surface area contributed by atoms with Crippen molar-refractivity contribution in [2.75, 3.05) is 25.2 Å². The van der Waals surface area contributed by atoms with E-state index >= 15 is 0 Å². The first-order valence-corrected chi connectivity index (χ1v) is 3.03. The van der Waals surface area contributed by atoms with Crippen LogP contribution in [0.3, 0.4) is 0 Å². The van der Waals surface area contributed by atoms with Gasteiger partial charge >= 0.3 is 0 Å². The minimum Gasteiger partial charge on any atom is -0.400 e. The summed E-state index contributed by atoms with van der Waals surface area (Å²) in [6.07, 6.45) is 1.42. The van der Waals surface area contributed by atoms with Gasteiger partial charge in [0.2, 0.25) is 0 Å². The van der Waals surface area contributed by atoms with E-state index in [9.17, 15) is 0 Å². The zero-order chi connectivity index (χ0) is 8.69. The molecular formula is C6H12N4O. The maximum absolute atomic E-state index is 7.00. The Hall–Kier alpha value is -1.36. The van der Waals surface area contributed by atoms with E-state index < -0.39 is 0 Å². The molecule has 0 bridgehead atoms. The van der Waals surface area contributed by atoms with Crippen molar-refractivity contribution in [2.24, 2.45) is 0 Å². The average Bonchev–Trinajstić information content (AvgIpc) is 2.08. The minimum atomic E-state index is 0.481. The molecule has 1 aromatic rings. The highest BCUT2D eigenvalue weighted by Gasteiger charge is 1.88. The Morgan fingerprint density at radius 2 is 2.09 bits per heavy atom. The molecule has 0 atom stereocenters. The number of hydrogen-bond donors (Lipinski definition) is 3. The number of rotatable bonds is 1. The fourth-order valence-corrected chi connectivity index (χ4v) is 0.509. The van der Waals surface area contributed by atoms with Crippen LogP contribution in [0.4, 0.5) is 11.6 Å². The molecule has 4 N–H and O–H groups in total. The summed E-state index contributed by atoms with van der Waals surface area (Å²) >= 11 is 0. The van der Waals surface area contributed by atoms with Crippen molar-refractivity contribution < 1.29 is 5.11 Å². The van der Waals surface area contributed by atoms with Gasteiger partial charge in [0.05, 0.1) is 0 Å². The number of aliphatic hydroxyl groups excluding tert-OH is 1. The SMILES string of the molecule is CNc1cc(N)ncn1.CO. The molecular weight excluding hydrogens is 144 g/mol. The van der Waals surface area contributed by atoms with Gasteiger partial charge in [-0.25, -0.2) is 9.97 Å². The zero-order valence-corrected chi connectivity index (χ0v) is 6.57. The molecule has 0 aliphatic carbocycles. The highest BCUT2D eigenvalue weighted by atomic mass is 16.2. The molecule has 5 nitrogen and oxygen atoms in total. The number of nitrogens with one attached hydrogen (secondary N) is 1. The van der Waals surface area contributed by atoms with E-state index in [4.69, 9.17) is 10.8 Å². The van der Waals surface area contributed by atoms with Crippen LogP contribution in [0, 0.1) is 0 Å². The molecule has 0 spiro atoms. The molecule has 0 aliphatic heterocycles. The third kappa shape index (κ3) is 3.36. The number of aromatic nitrogens is 2. The fraction of sp³-hybridized carbons (Fsp3) is 0.333. The normalized spacial score (nSPS) is 7.91. The maximum atomic E-state index is 7.00. The Balaban J connectivity index is 0.000000461. The van der Waals surface area contributed by atoms with Gasteiger partial charge in [0.15, 0.2) is 0 Å². The van der Waals surface area contributed by atoms with E-state index in [1.54, 1.807) is 13.1 Å². The van der Waals surface area contributed by atoms with Crippen molar-refractivity contribution >= 4 is 11.6 Å². The lowest BCUT2D eigenvalue weighted by atomic mass is 10.5. The van der Waals surface area contributed by atoms with Crippen LogP contribution < -0.4 is 11.1 Å². The first-order valence-electron chi connectivity index (χ1n) is 3.03. The summed E-state index contributed by atoms with van der Waals surface area (Å²) in [6.45, 7) is 0. The van der Waals surface area contributed by atoms with Gasteiger partial charge in [0, 0.05) is 20.2 Å². The predicted molar refractivity (Wildman–Crippen MR) is 44.1 cm³/mol. The molecule has 0 saturated carbocycles. The summed E-state index contributed by atoms with van der Waals surface area (Å²) in [5.74, 6) is 1.22. The van der Waals surface area contributed by atoms with E-state index in [1.807, 2.05) is 0 Å². The summed E-state index contributed by atoms with van der Waals surface area (Å²) in [7, 11) is 2.78. The zero-order valence-electron chi connectivity index (χ0n) is 6.57. The van der Waals surface area contributed by atoms with Gasteiger partial charge in [-0.05, 0) is 0 Å². The van der Waals surface area contributed by atoms with E-state index in [0.717, 1.165) is 12.9 Å². The molecule has 0 saturated heterocycles. The first-order chi connectivity index (χ1) is 5.33. The van der Waals surface area contributed by atoms with Crippen LogP contribution >= 0.6 is 0 Å². The largest absolute Gasteiger partial charge is 0.400 e. The van der Waals surface area contributed by atoms with Gasteiger partial charge in [-0.3, -0.25) is 0 Å². The van der Waals surface area contributed by atoms with Crippen molar-refractivity contribution in [3.63, 3.8) is 0 Å². The Morgan fingerprint density at radius 1 is 1.45 bits per heavy atom. The summed E-state index contributed by atoms with van der Waals surface area (Å²) in [4.78, 5) is 7.57. The third-order valence-corrected chi connectivity index (χ3v) is 0.944. The summed E-state index contributed by atoms with van der Waals surface area (Å²) < 4.78 is 0. The van der Waals surface area contributed by atoms with Crippen LogP contribution in [0.25, 0.3) is 0 Å². The Bertz CT molecular complexity index is 204. The molecule has 1 aromatic heterocycles. The Morgan fingerprint density at radius 3 is 2.45 bits per heavy atom. The number of aliphatic hydroxyl groups is 1. The standard InChI is InChI=1S/C5H8N4.CH4O/c1-7-5-2-4(6)8-3-9-5;1-2/h2-3H,1H3,(H3,6,7,8,9);2H,1H3. The predicted octanol–water partition coefficient (Wildman–Crippen LogP) is -0.291. The molecule has 5 heteroatoms. The topological polar surface area (TPSA) is 84.1 Å². The van der Waals surface area contributed by atoms with Crippen LogP contribution in [0.1, 0.15) is 0 Å². The van der Waals surface area contributed by atoms with Crippen molar-refractivity contribution in [2.45, 2.75) is 0 Å². The number of nitrogen functional groups attached to an aromatic ring is 1. The van der Waals surface area contributed by atoms with Gasteiger partial charge in [-0.1, -0.05) is 0 Å². The second-order valence-electron chi connectivity index (χ2n) is 1.58. The number of nitrogens with two attached hydrogens (primary N) is 1. The van der Waals surface area contributed by atoms with Crippen LogP contribution in [0.2, 0.25) is 0 Å². The van der Waals surface area contributed by atoms with E-state index in [1.165, 1.54) is 6.33 Å². The first kappa shape index (κ1) is 9.64. The monoisotopic (exact) mass is 156 g/mol. The second kappa shape index (κ2) is 5.43. The molecule has 0 aromatic carbocycles. The molecule has 0 fully saturated rings. The lowest BCUT2D eigenvalue weighted by Gasteiger charge is -1.96. The summed E-state index contributed by atoms with van der Waals surface area (Å²) in [6, 6.07) is 1.67. The van der Waals surface area contributed by atoms with Crippen molar-refractivity contribution in [3.05, 3.63) is 12.4 Å². The lowest BCUT2D eigenvalue weighted by molar-refractivity contribution is 0.399. The smallest absolute Gasteiger partial charge is 0.131 e. The fourth-order valence-electron chi connectivity index (χ4n) is 0.509. The quantitative estimate of drug-likeness (QED) is 0.520. The minimum absolute atomic E-state index is 0.481. The van der Waals surface area contributed by atoms with Crippen molar-refractivity contribution in [1.82, 2.24) is 9.97 Å². The van der Waals surface area contributed by atoms with Gasteiger partial charge in [0.25, 0.3) is 0 Å². The summed E-state index contributed by atoms with van der Waals surface area (Å²) in [5, 5.41) is 9.84. The highest BCUT2D eigenvalue weighted by molar-refractivity contribution is 5.42. The van der Waals surface area contributed by atoms with Gasteiger partial charge in [0.1, 0.15) is 18.0 Å². The highest BCUT2D eigenvalue weighted by Crippen LogP contribution is 2.01. The van der Waals surface area contributed by atoms with E-state index in [-0.39, 0.29) is 0 Å². The van der Waals surface area contributed by atoms with E-state index in [2.05, 4.69) is 15.3 Å². The summed E-state index contributed by atoms with van der Waals surface area (Å²) in [5.41, 5.74) is 5.34. The molecule has 0 unspecified atom stereocenters. The molecule has 0 radical (unpaired) electrons. The van der Waals surface area contributed by atoms with Gasteiger partial charge in [-0.15, -0.1) is 0 Å². The van der Waals surface area contributed by atoms with Crippen LogP contribution in [-0.4, -0.2) is 29.2 Å². The molecule has 1 rings (SSSR count). The maximum Gasteiger partial charge on any atom is 0.131 e. The van der Waals surface area contributed by atoms with Crippen LogP contribution in [0.15, 0.2) is 12.4 Å². The molecule has 0 aliphatic rings. The number of nitrogens with zero attached hydrogens (tertiary/aromatic N) is 2. The second-order valence-corrected chi connectivity index (χ2v) is 1.58. The average molecular weight is 156 g/mol. The van der Waals surface area contributed by atoms with Crippen LogP contribution in [-0.2, 0) is 0 Å². The van der Waals surface area contributed by atoms with Gasteiger partial charge in [-0.2, -0.15) is 0 Å². The molecule has 0 amide bonds. The molecule has 62 valence electrons. The lowest BCUT2D eigenvalue weighted by Crippen LogP contribution is -1.95. The van der Waals surface area contributed by atoms with Crippen LogP contribution in [0.5, 0.6) is 0 Å². The Kier molecular flexibility index (Phi) is 4.76. The van der Waals surface area contributed by atoms with Crippen molar-refractivity contribution in [1.29, 1.82) is 0 Å². The van der Waals surface area contributed by atoms with E-state index in [0.29, 0.717) is 5.82 Å². The number of anilines is 2. The van der Waals surface area contributed by atoms with Gasteiger partial charge < -0.3 is 16.2 Å². The number of hydrogen-bond acceptors (Lipinski definition) is 5.